The van der Waals surface area contributed by atoms with Crippen molar-refractivity contribution in [1.82, 2.24) is 9.88 Å². The molecule has 17 heavy (non-hydrogen) atoms. The van der Waals surface area contributed by atoms with Crippen molar-refractivity contribution in [2.24, 2.45) is 0 Å². The van der Waals surface area contributed by atoms with Gasteiger partial charge in [-0.3, -0.25) is 0 Å². The summed E-state index contributed by atoms with van der Waals surface area (Å²) in [7, 11) is 4.21. The summed E-state index contributed by atoms with van der Waals surface area (Å²) in [4.78, 5) is 9.01. The first-order valence-electron chi connectivity index (χ1n) is 5.90. The van der Waals surface area contributed by atoms with Crippen LogP contribution in [0.3, 0.4) is 0 Å². The minimum atomic E-state index is 0.529. The van der Waals surface area contributed by atoms with Gasteiger partial charge in [-0.25, -0.2) is 4.98 Å². The summed E-state index contributed by atoms with van der Waals surface area (Å²) in [6.45, 7) is 2.11. The second-order valence-corrected chi connectivity index (χ2v) is 5.73. The summed E-state index contributed by atoms with van der Waals surface area (Å²) in [5, 5.41) is 0. The Morgan fingerprint density at radius 3 is 3.00 bits per heavy atom. The maximum absolute atomic E-state index is 6.05. The number of likely N-dealkylation sites (N-methyl/N-ethyl adjacent to an activating group) is 1. The Hall–Kier alpha value is -0.810. The molecule has 0 amide bonds. The molecule has 94 valence electrons. The Bertz CT molecular complexity index is 394. The van der Waals surface area contributed by atoms with E-state index < -0.39 is 0 Å². The molecule has 1 fully saturated rings. The molecule has 1 aliphatic heterocycles. The number of pyridine rings is 1. The van der Waals surface area contributed by atoms with E-state index in [1.54, 1.807) is 0 Å². The van der Waals surface area contributed by atoms with Gasteiger partial charge in [0.15, 0.2) is 5.82 Å². The minimum Gasteiger partial charge on any atom is -0.396 e. The van der Waals surface area contributed by atoms with Gasteiger partial charge in [0.2, 0.25) is 0 Å². The minimum absolute atomic E-state index is 0.529. The lowest BCUT2D eigenvalue weighted by Gasteiger charge is -2.28. The van der Waals surface area contributed by atoms with Crippen molar-refractivity contribution >= 4 is 27.4 Å². The van der Waals surface area contributed by atoms with Crippen molar-refractivity contribution in [3.63, 3.8) is 0 Å². The standard InChI is InChI=1S/C12H19BrN4/c1-16(2)8-10-4-3-5-17(10)12-11(14)6-9(13)7-15-12/h6-7,10H,3-5,8,14H2,1-2H3. The zero-order valence-corrected chi connectivity index (χ0v) is 11.9. The molecule has 5 heteroatoms. The second kappa shape index (κ2) is 5.23. The van der Waals surface area contributed by atoms with E-state index in [-0.39, 0.29) is 0 Å². The number of nitrogens with zero attached hydrogens (tertiary/aromatic N) is 3. The quantitative estimate of drug-likeness (QED) is 0.927. The highest BCUT2D eigenvalue weighted by Gasteiger charge is 2.27. The fraction of sp³-hybridized carbons (Fsp3) is 0.583. The second-order valence-electron chi connectivity index (χ2n) is 4.82. The predicted molar refractivity (Wildman–Crippen MR) is 75.3 cm³/mol. The SMILES string of the molecule is CN(C)CC1CCCN1c1ncc(Br)cc1N. The molecule has 0 aromatic carbocycles. The number of hydrogen-bond acceptors (Lipinski definition) is 4. The van der Waals surface area contributed by atoms with Crippen molar-refractivity contribution in [3.05, 3.63) is 16.7 Å². The zero-order valence-electron chi connectivity index (χ0n) is 10.4. The van der Waals surface area contributed by atoms with Crippen LogP contribution in [0.2, 0.25) is 0 Å². The maximum atomic E-state index is 6.05. The normalized spacial score (nSPS) is 20.2. The molecule has 2 rings (SSSR count). The van der Waals surface area contributed by atoms with E-state index in [0.29, 0.717) is 6.04 Å². The first kappa shape index (κ1) is 12.6. The van der Waals surface area contributed by atoms with Gasteiger partial charge in [0.1, 0.15) is 0 Å². The van der Waals surface area contributed by atoms with Crippen molar-refractivity contribution in [2.75, 3.05) is 37.8 Å². The first-order valence-corrected chi connectivity index (χ1v) is 6.69. The molecule has 1 aliphatic rings. The van der Waals surface area contributed by atoms with Crippen LogP contribution in [0.1, 0.15) is 12.8 Å². The monoisotopic (exact) mass is 298 g/mol. The highest BCUT2D eigenvalue weighted by atomic mass is 79.9. The zero-order chi connectivity index (χ0) is 12.4. The van der Waals surface area contributed by atoms with Crippen LogP contribution in [-0.4, -0.2) is 43.1 Å². The third kappa shape index (κ3) is 2.90. The number of anilines is 2. The van der Waals surface area contributed by atoms with Gasteiger partial charge >= 0.3 is 0 Å². The number of nitrogens with two attached hydrogens (primary N) is 1. The van der Waals surface area contributed by atoms with Gasteiger partial charge in [-0.05, 0) is 48.9 Å². The van der Waals surface area contributed by atoms with Crippen molar-refractivity contribution in [3.8, 4) is 0 Å². The number of aromatic nitrogens is 1. The third-order valence-corrected chi connectivity index (χ3v) is 3.52. The Labute approximate surface area is 111 Å². The molecule has 0 saturated carbocycles. The van der Waals surface area contributed by atoms with Crippen LogP contribution in [0.25, 0.3) is 0 Å². The molecular formula is C12H19BrN4. The third-order valence-electron chi connectivity index (χ3n) is 3.09. The molecule has 1 atom stereocenters. The average molecular weight is 299 g/mol. The Balaban J connectivity index is 2.20. The van der Waals surface area contributed by atoms with Crippen LogP contribution in [0, 0.1) is 0 Å². The lowest BCUT2D eigenvalue weighted by molar-refractivity contribution is 0.371. The highest BCUT2D eigenvalue weighted by molar-refractivity contribution is 9.10. The summed E-state index contributed by atoms with van der Waals surface area (Å²) in [6, 6.07) is 2.45. The lowest BCUT2D eigenvalue weighted by atomic mass is 10.2. The van der Waals surface area contributed by atoms with Crippen molar-refractivity contribution in [1.29, 1.82) is 0 Å². The summed E-state index contributed by atoms with van der Waals surface area (Å²) < 4.78 is 0.933. The van der Waals surface area contributed by atoms with E-state index in [1.807, 2.05) is 12.3 Å². The fourth-order valence-electron chi connectivity index (χ4n) is 2.41. The predicted octanol–water partition coefficient (Wildman–Crippen LogP) is 1.96. The van der Waals surface area contributed by atoms with Gasteiger partial charge in [0.25, 0.3) is 0 Å². The van der Waals surface area contributed by atoms with Crippen LogP contribution in [0.5, 0.6) is 0 Å². The molecule has 1 saturated heterocycles. The van der Waals surface area contributed by atoms with Crippen LogP contribution in [0.15, 0.2) is 16.7 Å². The first-order chi connectivity index (χ1) is 8.08. The van der Waals surface area contributed by atoms with E-state index >= 15 is 0 Å². The van der Waals surface area contributed by atoms with E-state index in [0.717, 1.165) is 29.1 Å². The molecule has 1 unspecified atom stereocenters. The molecule has 1 aromatic heterocycles. The van der Waals surface area contributed by atoms with E-state index in [4.69, 9.17) is 5.73 Å². The Morgan fingerprint density at radius 1 is 1.59 bits per heavy atom. The van der Waals surface area contributed by atoms with Crippen LogP contribution >= 0.6 is 15.9 Å². The highest BCUT2D eigenvalue weighted by Crippen LogP contribution is 2.30. The van der Waals surface area contributed by atoms with E-state index in [2.05, 4.69) is 44.8 Å². The van der Waals surface area contributed by atoms with Gasteiger partial charge in [0, 0.05) is 29.8 Å². The van der Waals surface area contributed by atoms with E-state index in [1.165, 1.54) is 12.8 Å². The molecule has 1 aromatic rings. The summed E-state index contributed by atoms with van der Waals surface area (Å²) in [5.74, 6) is 0.928. The number of nitrogen functional groups attached to an aromatic ring is 1. The topological polar surface area (TPSA) is 45.4 Å². The molecule has 0 aliphatic carbocycles. The molecule has 2 N–H and O–H groups in total. The largest absolute Gasteiger partial charge is 0.396 e. The molecule has 0 spiro atoms. The van der Waals surface area contributed by atoms with Crippen molar-refractivity contribution < 1.29 is 0 Å². The average Bonchev–Trinajstić information content (AvgIpc) is 2.65. The van der Waals surface area contributed by atoms with Crippen molar-refractivity contribution in [2.45, 2.75) is 18.9 Å². The Kier molecular flexibility index (Phi) is 3.89. The van der Waals surface area contributed by atoms with Crippen LogP contribution < -0.4 is 10.6 Å². The smallest absolute Gasteiger partial charge is 0.152 e. The lowest BCUT2D eigenvalue weighted by Crippen LogP contribution is -2.38. The fourth-order valence-corrected chi connectivity index (χ4v) is 2.76. The molecular weight excluding hydrogens is 280 g/mol. The van der Waals surface area contributed by atoms with E-state index in [9.17, 15) is 0 Å². The number of halogens is 1. The summed E-state index contributed by atoms with van der Waals surface area (Å²) >= 11 is 3.39. The van der Waals surface area contributed by atoms with Gasteiger partial charge < -0.3 is 15.5 Å². The van der Waals surface area contributed by atoms with Gasteiger partial charge in [0.05, 0.1) is 5.69 Å². The Morgan fingerprint density at radius 2 is 2.35 bits per heavy atom. The molecule has 4 nitrogen and oxygen atoms in total. The number of hydrogen-bond donors (Lipinski definition) is 1. The van der Waals surface area contributed by atoms with Gasteiger partial charge in [-0.1, -0.05) is 0 Å². The summed E-state index contributed by atoms with van der Waals surface area (Å²) in [6.07, 6.45) is 4.25. The molecule has 0 radical (unpaired) electrons. The van der Waals surface area contributed by atoms with Gasteiger partial charge in [-0.15, -0.1) is 0 Å². The maximum Gasteiger partial charge on any atom is 0.152 e. The van der Waals surface area contributed by atoms with Crippen LogP contribution in [0.4, 0.5) is 11.5 Å². The molecule has 0 bridgehead atoms. The van der Waals surface area contributed by atoms with Gasteiger partial charge in [-0.2, -0.15) is 0 Å². The van der Waals surface area contributed by atoms with Crippen LogP contribution in [-0.2, 0) is 0 Å². The summed E-state index contributed by atoms with van der Waals surface area (Å²) in [5.41, 5.74) is 6.80. The number of rotatable bonds is 3. The molecule has 2 heterocycles.